The average molecular weight is 594 g/mol. The number of ether oxygens (including phenoxy) is 1. The maximum Gasteiger partial charge on any atom is 0.263 e. The quantitative estimate of drug-likeness (QED) is 0.147. The molecule has 0 amide bonds. The molecule has 0 unspecified atom stereocenters. The molecule has 0 radical (unpaired) electrons. The van der Waals surface area contributed by atoms with Crippen LogP contribution in [0.15, 0.2) is 88.7 Å². The molecule has 0 N–H and O–H groups in total. The largest absolute Gasteiger partial charge is 0.857 e. The van der Waals surface area contributed by atoms with Crippen LogP contribution in [0.2, 0.25) is 5.02 Å². The Labute approximate surface area is 243 Å². The summed E-state index contributed by atoms with van der Waals surface area (Å²) in [7, 11) is -3.81. The monoisotopic (exact) mass is 593 g/mol. The fourth-order valence-corrected chi connectivity index (χ4v) is 6.31. The highest BCUT2D eigenvalue weighted by Gasteiger charge is 2.26. The Morgan fingerprint density at radius 1 is 1.10 bits per heavy atom. The van der Waals surface area contributed by atoms with Gasteiger partial charge in [-0.05, 0) is 54.3 Å². The summed E-state index contributed by atoms with van der Waals surface area (Å²) >= 11 is 7.74. The van der Waals surface area contributed by atoms with Crippen LogP contribution in [0.25, 0.3) is 27.4 Å². The molecule has 0 bridgehead atoms. The number of anilines is 1. The molecule has 1 aliphatic heterocycles. The van der Waals surface area contributed by atoms with Crippen LogP contribution in [0, 0.1) is 0 Å². The van der Waals surface area contributed by atoms with Gasteiger partial charge in [-0.1, -0.05) is 66.3 Å². The third kappa shape index (κ3) is 6.06. The lowest BCUT2D eigenvalue weighted by atomic mass is 10.0. The number of halogens is 1. The van der Waals surface area contributed by atoms with Gasteiger partial charge in [0.15, 0.2) is 12.3 Å². The zero-order valence-corrected chi connectivity index (χ0v) is 24.7. The number of hydrogen-bond acceptors (Lipinski definition) is 6. The average Bonchev–Trinajstić information content (AvgIpc) is 3.43. The Balaban J connectivity index is 1.54. The number of aromatic nitrogens is 1. The fraction of sp³-hybridized carbons (Fsp3) is 0.200. The second-order valence-corrected chi connectivity index (χ2v) is 12.5. The molecule has 10 heteroatoms. The van der Waals surface area contributed by atoms with Crippen molar-refractivity contribution < 1.29 is 22.8 Å². The molecule has 7 nitrogen and oxygen atoms in total. The van der Waals surface area contributed by atoms with Gasteiger partial charge < -0.3 is 14.7 Å². The topological polar surface area (TPSA) is 85.9 Å². The van der Waals surface area contributed by atoms with Crippen LogP contribution in [0.1, 0.15) is 25.3 Å². The number of rotatable bonds is 8. The van der Waals surface area contributed by atoms with Gasteiger partial charge in [0, 0.05) is 35.7 Å². The lowest BCUT2D eigenvalue weighted by Crippen LogP contribution is -2.43. The Morgan fingerprint density at radius 3 is 2.58 bits per heavy atom. The van der Waals surface area contributed by atoms with E-state index in [1.807, 2.05) is 49.4 Å². The summed E-state index contributed by atoms with van der Waals surface area (Å²) in [6.07, 6.45) is 5.61. The van der Waals surface area contributed by atoms with E-state index in [-0.39, 0.29) is 6.54 Å². The van der Waals surface area contributed by atoms with Crippen LogP contribution in [-0.4, -0.2) is 27.1 Å². The van der Waals surface area contributed by atoms with E-state index in [0.29, 0.717) is 11.4 Å². The smallest absolute Gasteiger partial charge is 0.263 e. The lowest BCUT2D eigenvalue weighted by Gasteiger charge is -2.16. The summed E-state index contributed by atoms with van der Waals surface area (Å²) in [5.74, 6) is 0.761. The summed E-state index contributed by atoms with van der Waals surface area (Å²) in [6, 6.07) is 21.9. The summed E-state index contributed by atoms with van der Waals surface area (Å²) in [5, 5.41) is 13.8. The highest BCUT2D eigenvalue weighted by molar-refractivity contribution is 7.89. The van der Waals surface area contributed by atoms with E-state index in [1.165, 1.54) is 11.3 Å². The minimum Gasteiger partial charge on any atom is -0.857 e. The number of thiazole rings is 1. The van der Waals surface area contributed by atoms with Gasteiger partial charge in [0.2, 0.25) is 21.4 Å². The molecule has 4 aromatic rings. The summed E-state index contributed by atoms with van der Waals surface area (Å²) in [5.41, 5.74) is 4.97. The summed E-state index contributed by atoms with van der Waals surface area (Å²) < 4.78 is 35.5. The van der Waals surface area contributed by atoms with E-state index >= 15 is 0 Å². The highest BCUT2D eigenvalue weighted by Crippen LogP contribution is 2.42. The third-order valence-corrected chi connectivity index (χ3v) is 8.32. The van der Waals surface area contributed by atoms with Crippen molar-refractivity contribution in [3.8, 4) is 16.9 Å². The van der Waals surface area contributed by atoms with E-state index in [9.17, 15) is 13.5 Å². The first kappa shape index (κ1) is 27.9. The van der Waals surface area contributed by atoms with Gasteiger partial charge in [-0.25, -0.2) is 8.42 Å². The molecule has 1 aliphatic rings. The van der Waals surface area contributed by atoms with Gasteiger partial charge in [-0.2, -0.15) is 8.96 Å². The number of fused-ring (bicyclic) bond motifs is 2. The van der Waals surface area contributed by atoms with E-state index in [2.05, 4.69) is 40.5 Å². The van der Waals surface area contributed by atoms with Gasteiger partial charge in [0.25, 0.3) is 5.01 Å². The molecule has 0 saturated carbocycles. The molecule has 40 heavy (non-hydrogen) atoms. The Kier molecular flexibility index (Phi) is 7.98. The van der Waals surface area contributed by atoms with Gasteiger partial charge in [0.1, 0.15) is 4.70 Å². The second-order valence-electron chi connectivity index (χ2n) is 9.31. The van der Waals surface area contributed by atoms with E-state index in [0.717, 1.165) is 62.0 Å². The minimum atomic E-state index is -3.81. The highest BCUT2D eigenvalue weighted by atomic mass is 35.5. The van der Waals surface area contributed by atoms with E-state index in [1.54, 1.807) is 16.7 Å². The molecule has 206 valence electrons. The van der Waals surface area contributed by atoms with Crippen molar-refractivity contribution in [1.29, 1.82) is 0 Å². The first-order valence-corrected chi connectivity index (χ1v) is 15.8. The molecular weight excluding hydrogens is 566 g/mol. The molecule has 0 spiro atoms. The van der Waals surface area contributed by atoms with Crippen LogP contribution in [0.3, 0.4) is 0 Å². The molecule has 2 heterocycles. The van der Waals surface area contributed by atoms with Gasteiger partial charge in [-0.15, -0.1) is 0 Å². The van der Waals surface area contributed by atoms with Crippen molar-refractivity contribution in [3.63, 3.8) is 0 Å². The van der Waals surface area contributed by atoms with Crippen LogP contribution in [0.4, 0.5) is 5.69 Å². The second kappa shape index (κ2) is 11.4. The van der Waals surface area contributed by atoms with Gasteiger partial charge >= 0.3 is 0 Å². The standard InChI is InChI=1S/C30H28ClN3O4S2/c1-4-20(15-29-33(5-2)24-17-22(11-13-26(24)38-29)21-9-7-6-8-10-21)16-30-34(19-28(35)32-40(3,36)37)25-18-23(31)12-14-27(25)39-30/h6-18H,4-5,19H2,1-3H3. The van der Waals surface area contributed by atoms with Crippen LogP contribution >= 0.6 is 22.9 Å². The molecule has 0 atom stereocenters. The number of sulfonamides is 1. The van der Waals surface area contributed by atoms with Gasteiger partial charge in [0.05, 0.1) is 11.9 Å². The number of nitrogens with zero attached hydrogens (tertiary/aromatic N) is 3. The van der Waals surface area contributed by atoms with Crippen LogP contribution < -0.4 is 19.3 Å². The molecule has 0 fully saturated rings. The Hall–Kier alpha value is -3.66. The first-order valence-electron chi connectivity index (χ1n) is 12.8. The lowest BCUT2D eigenvalue weighted by molar-refractivity contribution is -0.658. The fourth-order valence-electron chi connectivity index (χ4n) is 4.60. The van der Waals surface area contributed by atoms with Crippen molar-refractivity contribution in [2.75, 3.05) is 17.7 Å². The van der Waals surface area contributed by atoms with Crippen molar-refractivity contribution in [2.45, 2.75) is 26.8 Å². The molecule has 3 aromatic carbocycles. The molecule has 0 saturated heterocycles. The number of benzene rings is 3. The van der Waals surface area contributed by atoms with Crippen molar-refractivity contribution >= 4 is 60.8 Å². The van der Waals surface area contributed by atoms with Crippen molar-refractivity contribution in [3.05, 3.63) is 94.3 Å². The number of allylic oxidation sites excluding steroid dienone is 2. The number of hydrogen-bond donors (Lipinski definition) is 0. The van der Waals surface area contributed by atoms with Crippen molar-refractivity contribution in [2.24, 2.45) is 4.40 Å². The normalized spacial score (nSPS) is 15.1. The van der Waals surface area contributed by atoms with Crippen molar-refractivity contribution in [1.82, 2.24) is 0 Å². The Morgan fingerprint density at radius 2 is 1.88 bits per heavy atom. The zero-order chi connectivity index (χ0) is 28.4. The summed E-state index contributed by atoms with van der Waals surface area (Å²) in [6.45, 7) is 4.62. The van der Waals surface area contributed by atoms with Crippen LogP contribution in [-0.2, 0) is 16.6 Å². The SMILES string of the molecule is CCC(/C=C1\Oc2ccc(-c3ccccc3)cc2N1CC)=C\c1sc2ccc(Cl)cc2[n+]1C/C([O-])=N\S(C)(=O)=O. The van der Waals surface area contributed by atoms with E-state index < -0.39 is 15.9 Å². The zero-order valence-electron chi connectivity index (χ0n) is 22.3. The third-order valence-electron chi connectivity index (χ3n) is 6.43. The maximum atomic E-state index is 12.5. The summed E-state index contributed by atoms with van der Waals surface area (Å²) in [4.78, 5) is 2.14. The molecule has 5 rings (SSSR count). The first-order chi connectivity index (χ1) is 19.1. The van der Waals surface area contributed by atoms with Gasteiger partial charge in [-0.3, -0.25) is 0 Å². The maximum absolute atomic E-state index is 12.5. The Bertz CT molecular complexity index is 1780. The molecule has 0 aliphatic carbocycles. The predicted octanol–water partition coefficient (Wildman–Crippen LogP) is 5.78. The van der Waals surface area contributed by atoms with E-state index in [4.69, 9.17) is 16.3 Å². The minimum absolute atomic E-state index is 0.224. The molecular formula is C30H28ClN3O4S2. The molecule has 1 aromatic heterocycles. The van der Waals surface area contributed by atoms with Crippen LogP contribution in [0.5, 0.6) is 5.75 Å². The predicted molar refractivity (Wildman–Crippen MR) is 161 cm³/mol.